The van der Waals surface area contributed by atoms with Crippen LogP contribution in [-0.4, -0.2) is 18.9 Å². The molecule has 0 fully saturated rings. The number of anilines is 1. The lowest BCUT2D eigenvalue weighted by atomic mass is 10.1. The van der Waals surface area contributed by atoms with Crippen LogP contribution in [0.1, 0.15) is 16.7 Å². The van der Waals surface area contributed by atoms with E-state index in [1.165, 1.54) is 12.1 Å². The molecule has 7 heteroatoms. The fourth-order valence-corrected chi connectivity index (χ4v) is 2.18. The molecule has 0 aliphatic carbocycles. The Morgan fingerprint density at radius 3 is 1.80 bits per heavy atom. The van der Waals surface area contributed by atoms with Gasteiger partial charge < -0.3 is 10.6 Å². The van der Waals surface area contributed by atoms with E-state index in [1.807, 2.05) is 0 Å². The quantitative estimate of drug-likeness (QED) is 0.870. The summed E-state index contributed by atoms with van der Waals surface area (Å²) >= 11 is 0. The number of carbonyl (C=O) groups is 2. The van der Waals surface area contributed by atoms with Crippen molar-refractivity contribution in [2.75, 3.05) is 12.4 Å². The van der Waals surface area contributed by atoms with Crippen LogP contribution in [0.15, 0.2) is 48.5 Å². The molecular weight excluding hydrogens is 333 g/mol. The van der Waals surface area contributed by atoms with Gasteiger partial charge in [-0.1, -0.05) is 24.3 Å². The summed E-state index contributed by atoms with van der Waals surface area (Å²) in [6, 6.07) is 11.3. The monoisotopic (exact) mass is 350 g/mol. The number of alkyl halides is 3. The Kier molecular flexibility index (Phi) is 5.80. The molecule has 0 aliphatic rings. The van der Waals surface area contributed by atoms with Crippen LogP contribution in [0.3, 0.4) is 0 Å². The van der Waals surface area contributed by atoms with E-state index in [9.17, 15) is 22.8 Å². The largest absolute Gasteiger partial charge is 0.416 e. The van der Waals surface area contributed by atoms with E-state index in [2.05, 4.69) is 10.6 Å². The summed E-state index contributed by atoms with van der Waals surface area (Å²) in [4.78, 5) is 23.3. The molecule has 25 heavy (non-hydrogen) atoms. The molecule has 0 bridgehead atoms. The van der Waals surface area contributed by atoms with Gasteiger partial charge in [0.05, 0.1) is 18.4 Å². The highest BCUT2D eigenvalue weighted by Gasteiger charge is 2.29. The highest BCUT2D eigenvalue weighted by Crippen LogP contribution is 2.29. The minimum absolute atomic E-state index is 0.0296. The van der Waals surface area contributed by atoms with Crippen molar-refractivity contribution in [1.82, 2.24) is 5.32 Å². The molecule has 4 nitrogen and oxygen atoms in total. The average Bonchev–Trinajstić information content (AvgIpc) is 2.56. The van der Waals surface area contributed by atoms with Gasteiger partial charge in [0.15, 0.2) is 0 Å². The standard InChI is InChI=1S/C18H17F3N2O2/c1-22-16(24)10-13-4-8-15(9-5-13)23-17(25)11-12-2-6-14(7-3-12)18(19,20)21/h2-9H,10-11H2,1H3,(H,22,24)(H,23,25). The number of carbonyl (C=O) groups excluding carboxylic acids is 2. The second kappa shape index (κ2) is 7.83. The third-order valence-corrected chi connectivity index (χ3v) is 3.53. The first-order valence-electron chi connectivity index (χ1n) is 7.53. The van der Waals surface area contributed by atoms with Crippen LogP contribution in [0.25, 0.3) is 0 Å². The summed E-state index contributed by atoms with van der Waals surface area (Å²) in [6.07, 6.45) is -4.17. The van der Waals surface area contributed by atoms with Crippen molar-refractivity contribution < 1.29 is 22.8 Å². The summed E-state index contributed by atoms with van der Waals surface area (Å²) < 4.78 is 37.5. The fraction of sp³-hybridized carbons (Fsp3) is 0.222. The summed E-state index contributed by atoms with van der Waals surface area (Å²) in [7, 11) is 1.55. The van der Waals surface area contributed by atoms with Crippen LogP contribution < -0.4 is 10.6 Å². The topological polar surface area (TPSA) is 58.2 Å². The highest BCUT2D eigenvalue weighted by molar-refractivity contribution is 5.92. The number of nitrogens with one attached hydrogen (secondary N) is 2. The maximum absolute atomic E-state index is 12.5. The van der Waals surface area contributed by atoms with Crippen LogP contribution in [0.2, 0.25) is 0 Å². The number of benzene rings is 2. The molecule has 2 rings (SSSR count). The molecule has 2 amide bonds. The van der Waals surface area contributed by atoms with Crippen molar-refractivity contribution in [3.8, 4) is 0 Å². The Morgan fingerprint density at radius 2 is 1.32 bits per heavy atom. The van der Waals surface area contributed by atoms with Crippen molar-refractivity contribution in [2.45, 2.75) is 19.0 Å². The van der Waals surface area contributed by atoms with Crippen LogP contribution in [0.4, 0.5) is 18.9 Å². The first kappa shape index (κ1) is 18.5. The summed E-state index contributed by atoms with van der Waals surface area (Å²) in [5.41, 5.74) is 1.10. The average molecular weight is 350 g/mol. The number of hydrogen-bond acceptors (Lipinski definition) is 2. The maximum Gasteiger partial charge on any atom is 0.416 e. The zero-order chi connectivity index (χ0) is 18.4. The van der Waals surface area contributed by atoms with Crippen molar-refractivity contribution in [3.05, 3.63) is 65.2 Å². The molecule has 2 N–H and O–H groups in total. The van der Waals surface area contributed by atoms with Crippen molar-refractivity contribution in [2.24, 2.45) is 0 Å². The molecule has 0 heterocycles. The molecule has 0 aliphatic heterocycles. The summed E-state index contributed by atoms with van der Waals surface area (Å²) in [6.45, 7) is 0. The summed E-state index contributed by atoms with van der Waals surface area (Å²) in [5.74, 6) is -0.446. The van der Waals surface area contributed by atoms with Crippen LogP contribution >= 0.6 is 0 Å². The van der Waals surface area contributed by atoms with Crippen LogP contribution in [0, 0.1) is 0 Å². The van der Waals surface area contributed by atoms with Gasteiger partial charge in [0.25, 0.3) is 0 Å². The lowest BCUT2D eigenvalue weighted by molar-refractivity contribution is -0.137. The van der Waals surface area contributed by atoms with Gasteiger partial charge in [-0.05, 0) is 35.4 Å². The highest BCUT2D eigenvalue weighted by atomic mass is 19.4. The van der Waals surface area contributed by atoms with E-state index in [1.54, 1.807) is 31.3 Å². The zero-order valence-corrected chi connectivity index (χ0v) is 13.5. The molecular formula is C18H17F3N2O2. The molecule has 0 unspecified atom stereocenters. The lowest BCUT2D eigenvalue weighted by Crippen LogP contribution is -2.20. The Morgan fingerprint density at radius 1 is 0.840 bits per heavy atom. The molecule has 2 aromatic carbocycles. The molecule has 0 atom stereocenters. The minimum Gasteiger partial charge on any atom is -0.359 e. The van der Waals surface area contributed by atoms with Crippen LogP contribution in [0.5, 0.6) is 0 Å². The second-order valence-electron chi connectivity index (χ2n) is 5.47. The SMILES string of the molecule is CNC(=O)Cc1ccc(NC(=O)Cc2ccc(C(F)(F)F)cc2)cc1. The van der Waals surface area contributed by atoms with E-state index in [0.29, 0.717) is 11.3 Å². The molecule has 132 valence electrons. The molecule has 0 aromatic heterocycles. The van der Waals surface area contributed by atoms with E-state index >= 15 is 0 Å². The third-order valence-electron chi connectivity index (χ3n) is 3.53. The van der Waals surface area contributed by atoms with Crippen molar-refractivity contribution >= 4 is 17.5 Å². The van der Waals surface area contributed by atoms with Gasteiger partial charge in [0.1, 0.15) is 0 Å². The number of amides is 2. The first-order valence-corrected chi connectivity index (χ1v) is 7.53. The fourth-order valence-electron chi connectivity index (χ4n) is 2.18. The number of likely N-dealkylation sites (N-methyl/N-ethyl adjacent to an activating group) is 1. The number of hydrogen-bond donors (Lipinski definition) is 2. The van der Waals surface area contributed by atoms with Gasteiger partial charge in [-0.15, -0.1) is 0 Å². The molecule has 0 saturated heterocycles. The van der Waals surface area contributed by atoms with Gasteiger partial charge in [0, 0.05) is 12.7 Å². The van der Waals surface area contributed by atoms with Crippen molar-refractivity contribution in [1.29, 1.82) is 0 Å². The predicted octanol–water partition coefficient (Wildman–Crippen LogP) is 3.18. The second-order valence-corrected chi connectivity index (χ2v) is 5.47. The predicted molar refractivity (Wildman–Crippen MR) is 88.0 cm³/mol. The van der Waals surface area contributed by atoms with E-state index in [0.717, 1.165) is 17.7 Å². The van der Waals surface area contributed by atoms with Gasteiger partial charge in [0.2, 0.25) is 11.8 Å². The third kappa shape index (κ3) is 5.63. The Bertz CT molecular complexity index is 738. The minimum atomic E-state index is -4.39. The molecule has 2 aromatic rings. The van der Waals surface area contributed by atoms with Gasteiger partial charge in [-0.3, -0.25) is 9.59 Å². The molecule has 0 spiro atoms. The Balaban J connectivity index is 1.92. The van der Waals surface area contributed by atoms with Crippen LogP contribution in [-0.2, 0) is 28.6 Å². The summed E-state index contributed by atoms with van der Waals surface area (Å²) in [5, 5.41) is 5.19. The Hall–Kier alpha value is -2.83. The van der Waals surface area contributed by atoms with Crippen molar-refractivity contribution in [3.63, 3.8) is 0 Å². The van der Waals surface area contributed by atoms with E-state index in [4.69, 9.17) is 0 Å². The number of halogens is 3. The molecule has 0 radical (unpaired) electrons. The smallest absolute Gasteiger partial charge is 0.359 e. The normalized spacial score (nSPS) is 11.0. The number of rotatable bonds is 5. The van der Waals surface area contributed by atoms with Gasteiger partial charge in [-0.2, -0.15) is 13.2 Å². The van der Waals surface area contributed by atoms with Gasteiger partial charge >= 0.3 is 6.18 Å². The molecule has 0 saturated carbocycles. The van der Waals surface area contributed by atoms with E-state index < -0.39 is 11.7 Å². The Labute approximate surface area is 143 Å². The van der Waals surface area contributed by atoms with E-state index in [-0.39, 0.29) is 24.7 Å². The first-order chi connectivity index (χ1) is 11.8. The van der Waals surface area contributed by atoms with Gasteiger partial charge in [-0.25, -0.2) is 0 Å². The zero-order valence-electron chi connectivity index (χ0n) is 13.5. The maximum atomic E-state index is 12.5. The lowest BCUT2D eigenvalue weighted by Gasteiger charge is -2.09.